The van der Waals surface area contributed by atoms with Crippen molar-refractivity contribution in [2.45, 2.75) is 25.6 Å². The fraction of sp³-hybridized carbons (Fsp3) is 0.217. The highest BCUT2D eigenvalue weighted by Gasteiger charge is 2.34. The monoisotopic (exact) mass is 422 g/mol. The molecule has 1 fully saturated rings. The van der Waals surface area contributed by atoms with Crippen LogP contribution in [0.15, 0.2) is 60.0 Å². The number of nitrogens with one attached hydrogen (secondary N) is 1. The zero-order valence-electron chi connectivity index (χ0n) is 16.3. The van der Waals surface area contributed by atoms with Crippen LogP contribution in [0.3, 0.4) is 0 Å². The van der Waals surface area contributed by atoms with Crippen LogP contribution in [-0.2, 0) is 16.0 Å². The molecule has 0 unspecified atom stereocenters. The molecule has 2 amide bonds. The van der Waals surface area contributed by atoms with E-state index in [-0.39, 0.29) is 17.2 Å². The van der Waals surface area contributed by atoms with Gasteiger partial charge in [-0.2, -0.15) is 0 Å². The Morgan fingerprint density at radius 2 is 1.90 bits per heavy atom. The predicted octanol–water partition coefficient (Wildman–Crippen LogP) is 5.32. The predicted molar refractivity (Wildman–Crippen MR) is 122 cm³/mol. The molecule has 1 aliphatic rings. The molecule has 148 valence electrons. The lowest BCUT2D eigenvalue weighted by Crippen LogP contribution is -2.28. The van der Waals surface area contributed by atoms with Gasteiger partial charge < -0.3 is 5.32 Å². The summed E-state index contributed by atoms with van der Waals surface area (Å²) in [6.07, 6.45) is 0.382. The average molecular weight is 423 g/mol. The second-order valence-corrected chi connectivity index (χ2v) is 9.17. The SMILES string of the molecule is Cc1cccc(N2C(=O)CS[C@@H]2c2ccc(NC(=O)Cc3cccs3)cc2)c1C. The molecular weight excluding hydrogens is 400 g/mol. The fourth-order valence-corrected chi connectivity index (χ4v) is 5.31. The van der Waals surface area contributed by atoms with Gasteiger partial charge in [-0.15, -0.1) is 23.1 Å². The van der Waals surface area contributed by atoms with E-state index >= 15 is 0 Å². The van der Waals surface area contributed by atoms with E-state index in [1.165, 1.54) is 5.56 Å². The van der Waals surface area contributed by atoms with Gasteiger partial charge in [0, 0.05) is 16.3 Å². The van der Waals surface area contributed by atoms with Crippen LogP contribution in [0.1, 0.15) is 26.9 Å². The molecule has 1 aliphatic heterocycles. The van der Waals surface area contributed by atoms with Crippen molar-refractivity contribution in [1.29, 1.82) is 0 Å². The first-order chi connectivity index (χ1) is 14.0. The van der Waals surface area contributed by atoms with E-state index in [2.05, 4.69) is 25.2 Å². The first kappa shape index (κ1) is 19.7. The second-order valence-electron chi connectivity index (χ2n) is 7.07. The van der Waals surface area contributed by atoms with E-state index in [9.17, 15) is 9.59 Å². The van der Waals surface area contributed by atoms with Crippen molar-refractivity contribution in [3.8, 4) is 0 Å². The minimum absolute atomic E-state index is 0.0253. The summed E-state index contributed by atoms with van der Waals surface area (Å²) in [5, 5.41) is 4.86. The third kappa shape index (κ3) is 4.23. The molecule has 0 radical (unpaired) electrons. The van der Waals surface area contributed by atoms with Gasteiger partial charge in [0.1, 0.15) is 5.37 Å². The Hall–Kier alpha value is -2.57. The van der Waals surface area contributed by atoms with Crippen LogP contribution >= 0.6 is 23.1 Å². The fourth-order valence-electron chi connectivity index (χ4n) is 3.44. The Bertz CT molecular complexity index is 1030. The van der Waals surface area contributed by atoms with Crippen molar-refractivity contribution < 1.29 is 9.59 Å². The van der Waals surface area contributed by atoms with Gasteiger partial charge in [0.05, 0.1) is 12.2 Å². The number of thiophene rings is 1. The van der Waals surface area contributed by atoms with Crippen molar-refractivity contribution in [1.82, 2.24) is 0 Å². The van der Waals surface area contributed by atoms with Crippen molar-refractivity contribution in [2.24, 2.45) is 0 Å². The summed E-state index contributed by atoms with van der Waals surface area (Å²) in [5.74, 6) is 0.571. The summed E-state index contributed by atoms with van der Waals surface area (Å²) in [6.45, 7) is 4.12. The highest BCUT2D eigenvalue weighted by atomic mass is 32.2. The molecule has 0 aliphatic carbocycles. The number of amides is 2. The number of anilines is 2. The molecule has 29 heavy (non-hydrogen) atoms. The molecule has 2 heterocycles. The van der Waals surface area contributed by atoms with Crippen molar-refractivity contribution in [3.63, 3.8) is 0 Å². The van der Waals surface area contributed by atoms with Crippen LogP contribution in [0.2, 0.25) is 0 Å². The Balaban J connectivity index is 1.51. The Kier molecular flexibility index (Phi) is 5.74. The Labute approximate surface area is 178 Å². The van der Waals surface area contributed by atoms with Crippen LogP contribution in [-0.4, -0.2) is 17.6 Å². The Morgan fingerprint density at radius 3 is 2.62 bits per heavy atom. The Morgan fingerprint density at radius 1 is 1.10 bits per heavy atom. The summed E-state index contributed by atoms with van der Waals surface area (Å²) < 4.78 is 0. The molecule has 6 heteroatoms. The molecule has 0 bridgehead atoms. The molecule has 0 saturated carbocycles. The zero-order chi connectivity index (χ0) is 20.4. The topological polar surface area (TPSA) is 49.4 Å². The minimum Gasteiger partial charge on any atom is -0.326 e. The molecule has 1 saturated heterocycles. The number of aryl methyl sites for hydroxylation is 1. The van der Waals surface area contributed by atoms with E-state index in [0.717, 1.165) is 27.4 Å². The lowest BCUT2D eigenvalue weighted by Gasteiger charge is -2.26. The quantitative estimate of drug-likeness (QED) is 0.605. The van der Waals surface area contributed by atoms with Crippen LogP contribution in [0, 0.1) is 13.8 Å². The van der Waals surface area contributed by atoms with E-state index in [1.54, 1.807) is 23.1 Å². The standard InChI is InChI=1S/C23H22N2O2S2/c1-15-5-3-7-20(16(15)2)25-22(27)14-29-23(25)17-8-10-18(11-9-17)24-21(26)13-19-6-4-12-28-19/h3-12,23H,13-14H2,1-2H3,(H,24,26)/t23-/m1/s1. The number of carbonyl (C=O) groups excluding carboxylic acids is 2. The van der Waals surface area contributed by atoms with Gasteiger partial charge in [-0.1, -0.05) is 30.3 Å². The number of thioether (sulfide) groups is 1. The summed E-state index contributed by atoms with van der Waals surface area (Å²) in [6, 6.07) is 17.8. The molecule has 1 atom stereocenters. The van der Waals surface area contributed by atoms with Crippen molar-refractivity contribution in [2.75, 3.05) is 16.0 Å². The minimum atomic E-state index is -0.0566. The molecule has 2 aromatic carbocycles. The first-order valence-electron chi connectivity index (χ1n) is 9.45. The highest BCUT2D eigenvalue weighted by Crippen LogP contribution is 2.43. The summed E-state index contributed by atoms with van der Waals surface area (Å²) >= 11 is 3.21. The maximum absolute atomic E-state index is 12.6. The molecule has 4 rings (SSSR count). The van der Waals surface area contributed by atoms with Crippen LogP contribution < -0.4 is 10.2 Å². The molecule has 3 aromatic rings. The van der Waals surface area contributed by atoms with E-state index in [0.29, 0.717) is 12.2 Å². The van der Waals surface area contributed by atoms with Gasteiger partial charge in [-0.25, -0.2) is 0 Å². The van der Waals surface area contributed by atoms with Gasteiger partial charge in [0.2, 0.25) is 11.8 Å². The van der Waals surface area contributed by atoms with Crippen molar-refractivity contribution >= 4 is 46.3 Å². The normalized spacial score (nSPS) is 16.3. The van der Waals surface area contributed by atoms with Crippen LogP contribution in [0.4, 0.5) is 11.4 Å². The molecule has 1 aromatic heterocycles. The first-order valence-corrected chi connectivity index (χ1v) is 11.4. The summed E-state index contributed by atoms with van der Waals surface area (Å²) in [7, 11) is 0. The van der Waals surface area contributed by atoms with Gasteiger partial charge in [0.15, 0.2) is 0 Å². The van der Waals surface area contributed by atoms with E-state index < -0.39 is 0 Å². The third-order valence-corrected chi connectivity index (χ3v) is 7.19. The van der Waals surface area contributed by atoms with Gasteiger partial charge >= 0.3 is 0 Å². The number of benzene rings is 2. The number of hydrogen-bond donors (Lipinski definition) is 1. The maximum atomic E-state index is 12.6. The number of nitrogens with zero attached hydrogens (tertiary/aromatic N) is 1. The van der Waals surface area contributed by atoms with Crippen molar-refractivity contribution in [3.05, 3.63) is 81.5 Å². The van der Waals surface area contributed by atoms with Crippen LogP contribution in [0.25, 0.3) is 0 Å². The average Bonchev–Trinajstić information content (AvgIpc) is 3.34. The van der Waals surface area contributed by atoms with E-state index in [1.807, 2.05) is 58.8 Å². The molecular formula is C23H22N2O2S2. The van der Waals surface area contributed by atoms with Crippen LogP contribution in [0.5, 0.6) is 0 Å². The third-order valence-electron chi connectivity index (χ3n) is 5.10. The molecule has 0 spiro atoms. The number of carbonyl (C=O) groups is 2. The molecule has 4 nitrogen and oxygen atoms in total. The smallest absolute Gasteiger partial charge is 0.238 e. The van der Waals surface area contributed by atoms with E-state index in [4.69, 9.17) is 0 Å². The second kappa shape index (κ2) is 8.43. The summed E-state index contributed by atoms with van der Waals surface area (Å²) in [5.41, 5.74) is 5.10. The largest absolute Gasteiger partial charge is 0.326 e. The lowest BCUT2D eigenvalue weighted by molar-refractivity contribution is -0.116. The maximum Gasteiger partial charge on any atom is 0.238 e. The number of rotatable bonds is 5. The number of hydrogen-bond acceptors (Lipinski definition) is 4. The summed E-state index contributed by atoms with van der Waals surface area (Å²) in [4.78, 5) is 27.8. The van der Waals surface area contributed by atoms with Gasteiger partial charge in [0.25, 0.3) is 0 Å². The lowest BCUT2D eigenvalue weighted by atomic mass is 10.1. The van der Waals surface area contributed by atoms with Gasteiger partial charge in [-0.3, -0.25) is 14.5 Å². The highest BCUT2D eigenvalue weighted by molar-refractivity contribution is 8.00. The van der Waals surface area contributed by atoms with Gasteiger partial charge in [-0.05, 0) is 60.2 Å². The zero-order valence-corrected chi connectivity index (χ0v) is 18.0. The molecule has 1 N–H and O–H groups in total.